The van der Waals surface area contributed by atoms with E-state index in [1.165, 1.54) is 12.1 Å². The average Bonchev–Trinajstić information content (AvgIpc) is 3.16. The molecule has 26 heavy (non-hydrogen) atoms. The summed E-state index contributed by atoms with van der Waals surface area (Å²) in [5.74, 6) is 0.268. The Hall–Kier alpha value is -2.93. The second kappa shape index (κ2) is 6.76. The standard InChI is InChI=1S/C18H15ClFN5O/c19-11-1-4-17-22-13(10-25(17)9-11)8-18(26)21-6-5-16-23-14-3-2-12(20)7-15(14)24-16/h1-4,7,9-10H,5-6,8H2,(H,21,26)(H,23,24). The number of imidazole rings is 2. The van der Waals surface area contributed by atoms with Crippen molar-refractivity contribution in [3.05, 3.63) is 65.1 Å². The van der Waals surface area contributed by atoms with Gasteiger partial charge in [-0.05, 0) is 30.3 Å². The van der Waals surface area contributed by atoms with Crippen molar-refractivity contribution in [3.63, 3.8) is 0 Å². The maximum atomic E-state index is 13.2. The first kappa shape index (κ1) is 16.5. The van der Waals surface area contributed by atoms with Crippen molar-refractivity contribution in [1.29, 1.82) is 0 Å². The number of rotatable bonds is 5. The monoisotopic (exact) mass is 371 g/mol. The van der Waals surface area contributed by atoms with E-state index in [2.05, 4.69) is 20.3 Å². The molecule has 4 rings (SSSR count). The van der Waals surface area contributed by atoms with Crippen LogP contribution in [0.5, 0.6) is 0 Å². The number of benzene rings is 1. The van der Waals surface area contributed by atoms with Crippen molar-refractivity contribution >= 4 is 34.2 Å². The van der Waals surface area contributed by atoms with Gasteiger partial charge in [0.05, 0.1) is 28.2 Å². The highest BCUT2D eigenvalue weighted by Gasteiger charge is 2.09. The summed E-state index contributed by atoms with van der Waals surface area (Å²) in [5, 5.41) is 3.45. The second-order valence-corrected chi connectivity index (χ2v) is 6.40. The van der Waals surface area contributed by atoms with E-state index in [0.717, 1.165) is 5.65 Å². The highest BCUT2D eigenvalue weighted by molar-refractivity contribution is 6.30. The van der Waals surface area contributed by atoms with Gasteiger partial charge in [0.15, 0.2) is 0 Å². The van der Waals surface area contributed by atoms with Crippen LogP contribution in [0.15, 0.2) is 42.7 Å². The maximum Gasteiger partial charge on any atom is 0.226 e. The van der Waals surface area contributed by atoms with Crippen LogP contribution in [0.4, 0.5) is 4.39 Å². The second-order valence-electron chi connectivity index (χ2n) is 5.97. The van der Waals surface area contributed by atoms with Crippen molar-refractivity contribution < 1.29 is 9.18 Å². The molecule has 0 aliphatic rings. The molecule has 0 spiro atoms. The van der Waals surface area contributed by atoms with Crippen molar-refractivity contribution in [2.24, 2.45) is 0 Å². The van der Waals surface area contributed by atoms with E-state index >= 15 is 0 Å². The quantitative estimate of drug-likeness (QED) is 0.566. The van der Waals surface area contributed by atoms with Gasteiger partial charge in [0.1, 0.15) is 17.3 Å². The zero-order chi connectivity index (χ0) is 18.1. The third-order valence-electron chi connectivity index (χ3n) is 3.98. The third kappa shape index (κ3) is 3.52. The first-order valence-corrected chi connectivity index (χ1v) is 8.48. The van der Waals surface area contributed by atoms with Gasteiger partial charge >= 0.3 is 0 Å². The van der Waals surface area contributed by atoms with Gasteiger partial charge in [0.2, 0.25) is 5.91 Å². The summed E-state index contributed by atoms with van der Waals surface area (Å²) in [5.41, 5.74) is 2.77. The third-order valence-corrected chi connectivity index (χ3v) is 4.21. The predicted molar refractivity (Wildman–Crippen MR) is 96.7 cm³/mol. The first-order chi connectivity index (χ1) is 12.6. The molecule has 6 nitrogen and oxygen atoms in total. The number of aromatic amines is 1. The summed E-state index contributed by atoms with van der Waals surface area (Å²) >= 11 is 5.94. The van der Waals surface area contributed by atoms with Gasteiger partial charge in [0.25, 0.3) is 0 Å². The first-order valence-electron chi connectivity index (χ1n) is 8.11. The van der Waals surface area contributed by atoms with Gasteiger partial charge < -0.3 is 14.7 Å². The Labute approximate surface area is 153 Å². The molecule has 0 unspecified atom stereocenters. The number of hydrogen-bond acceptors (Lipinski definition) is 3. The number of hydrogen-bond donors (Lipinski definition) is 2. The Morgan fingerprint density at radius 3 is 3.00 bits per heavy atom. The molecule has 0 saturated carbocycles. The number of carbonyl (C=O) groups is 1. The lowest BCUT2D eigenvalue weighted by molar-refractivity contribution is -0.120. The molecule has 3 heterocycles. The molecule has 0 saturated heterocycles. The van der Waals surface area contributed by atoms with E-state index in [1.807, 2.05) is 0 Å². The fourth-order valence-electron chi connectivity index (χ4n) is 2.80. The van der Waals surface area contributed by atoms with Crippen molar-refractivity contribution in [3.8, 4) is 0 Å². The Morgan fingerprint density at radius 1 is 1.23 bits per heavy atom. The molecular weight excluding hydrogens is 357 g/mol. The van der Waals surface area contributed by atoms with Crippen molar-refractivity contribution in [1.82, 2.24) is 24.7 Å². The van der Waals surface area contributed by atoms with Crippen LogP contribution in [-0.2, 0) is 17.6 Å². The molecule has 1 amide bonds. The van der Waals surface area contributed by atoms with Crippen LogP contribution in [0, 0.1) is 5.82 Å². The Kier molecular flexibility index (Phi) is 4.30. The van der Waals surface area contributed by atoms with Gasteiger partial charge in [-0.1, -0.05) is 11.6 Å². The minimum Gasteiger partial charge on any atom is -0.355 e. The lowest BCUT2D eigenvalue weighted by Crippen LogP contribution is -2.27. The average molecular weight is 372 g/mol. The summed E-state index contributed by atoms with van der Waals surface area (Å²) in [6.45, 7) is 0.431. The van der Waals surface area contributed by atoms with E-state index in [4.69, 9.17) is 11.6 Å². The van der Waals surface area contributed by atoms with Crippen molar-refractivity contribution in [2.75, 3.05) is 6.54 Å². The normalized spacial score (nSPS) is 11.3. The Morgan fingerprint density at radius 2 is 2.12 bits per heavy atom. The minimum atomic E-state index is -0.310. The molecular formula is C18H15ClFN5O. The molecule has 0 radical (unpaired) electrons. The number of fused-ring (bicyclic) bond motifs is 2. The molecule has 0 aliphatic heterocycles. The van der Waals surface area contributed by atoms with Crippen molar-refractivity contribution in [2.45, 2.75) is 12.8 Å². The van der Waals surface area contributed by atoms with Crippen LogP contribution in [0.25, 0.3) is 16.7 Å². The number of H-pyrrole nitrogens is 1. The summed E-state index contributed by atoms with van der Waals surface area (Å²) in [7, 11) is 0. The number of pyridine rings is 1. The molecule has 0 bridgehead atoms. The topological polar surface area (TPSA) is 75.1 Å². The molecule has 3 aromatic heterocycles. The largest absolute Gasteiger partial charge is 0.355 e. The van der Waals surface area contributed by atoms with Gasteiger partial charge in [-0.15, -0.1) is 0 Å². The zero-order valence-electron chi connectivity index (χ0n) is 13.7. The number of halogens is 2. The van der Waals surface area contributed by atoms with E-state index < -0.39 is 0 Å². The summed E-state index contributed by atoms with van der Waals surface area (Å²) in [4.78, 5) is 23.9. The van der Waals surface area contributed by atoms with E-state index in [9.17, 15) is 9.18 Å². The van der Waals surface area contributed by atoms with Crippen LogP contribution >= 0.6 is 11.6 Å². The Bertz CT molecular complexity index is 1100. The molecule has 8 heteroatoms. The lowest BCUT2D eigenvalue weighted by atomic mass is 10.3. The van der Waals surface area contributed by atoms with Gasteiger partial charge in [-0.3, -0.25) is 4.79 Å². The highest BCUT2D eigenvalue weighted by Crippen LogP contribution is 2.13. The highest BCUT2D eigenvalue weighted by atomic mass is 35.5. The fourth-order valence-corrected chi connectivity index (χ4v) is 2.97. The van der Waals surface area contributed by atoms with Gasteiger partial charge in [-0.2, -0.15) is 0 Å². The molecule has 4 aromatic rings. The molecule has 0 fully saturated rings. The smallest absolute Gasteiger partial charge is 0.226 e. The number of aromatic nitrogens is 4. The predicted octanol–water partition coefficient (Wildman–Crippen LogP) is 2.90. The van der Waals surface area contributed by atoms with Crippen LogP contribution < -0.4 is 5.32 Å². The summed E-state index contributed by atoms with van der Waals surface area (Å²) in [6, 6.07) is 7.96. The lowest BCUT2D eigenvalue weighted by Gasteiger charge is -2.02. The van der Waals surface area contributed by atoms with Crippen LogP contribution in [0.2, 0.25) is 5.02 Å². The van der Waals surface area contributed by atoms with E-state index in [0.29, 0.717) is 40.5 Å². The molecule has 0 aliphatic carbocycles. The molecule has 1 aromatic carbocycles. The summed E-state index contributed by atoms with van der Waals surface area (Å²) < 4.78 is 15.0. The number of nitrogens with one attached hydrogen (secondary N) is 2. The SMILES string of the molecule is O=C(Cc1cn2cc(Cl)ccc2n1)NCCc1nc2ccc(F)cc2[nH]1. The van der Waals surface area contributed by atoms with Crippen LogP contribution in [0.3, 0.4) is 0 Å². The number of amides is 1. The van der Waals surface area contributed by atoms with E-state index in [-0.39, 0.29) is 18.1 Å². The molecule has 132 valence electrons. The summed E-state index contributed by atoms with van der Waals surface area (Å²) in [6.07, 6.45) is 4.25. The van der Waals surface area contributed by atoms with E-state index in [1.54, 1.807) is 35.0 Å². The van der Waals surface area contributed by atoms with Gasteiger partial charge in [-0.25, -0.2) is 14.4 Å². The number of nitrogens with zero attached hydrogens (tertiary/aromatic N) is 3. The fraction of sp³-hybridized carbons (Fsp3) is 0.167. The van der Waals surface area contributed by atoms with Crippen LogP contribution in [-0.4, -0.2) is 31.8 Å². The van der Waals surface area contributed by atoms with Crippen LogP contribution in [0.1, 0.15) is 11.5 Å². The zero-order valence-corrected chi connectivity index (χ0v) is 14.4. The maximum absolute atomic E-state index is 13.2. The Balaban J connectivity index is 1.34. The van der Waals surface area contributed by atoms with Gasteiger partial charge in [0, 0.05) is 25.4 Å². The molecule has 0 atom stereocenters. The number of carbonyl (C=O) groups excluding carboxylic acids is 1. The molecule has 2 N–H and O–H groups in total. The minimum absolute atomic E-state index is 0.123.